The second kappa shape index (κ2) is 8.74. The minimum absolute atomic E-state index is 0.222. The number of carbonyl (C=O) groups excluding carboxylic acids is 2. The predicted octanol–water partition coefficient (Wildman–Crippen LogP) is 2.20. The van der Waals surface area contributed by atoms with Crippen LogP contribution in [0.3, 0.4) is 0 Å². The molecule has 1 aromatic rings. The summed E-state index contributed by atoms with van der Waals surface area (Å²) in [7, 11) is 0. The summed E-state index contributed by atoms with van der Waals surface area (Å²) in [6.07, 6.45) is 3.04. The van der Waals surface area contributed by atoms with Gasteiger partial charge >= 0.3 is 11.9 Å². The Morgan fingerprint density at radius 3 is 2.40 bits per heavy atom. The summed E-state index contributed by atoms with van der Waals surface area (Å²) in [5.74, 6) is -0.0207. The SMILES string of the molecule is CCOC(=O)/C=C/c1ccc(OCCOC(C)=O)cc1. The maximum atomic E-state index is 11.1. The van der Waals surface area contributed by atoms with E-state index in [2.05, 4.69) is 0 Å². The van der Waals surface area contributed by atoms with Gasteiger partial charge in [0.1, 0.15) is 19.0 Å². The van der Waals surface area contributed by atoms with Gasteiger partial charge in [-0.05, 0) is 30.7 Å². The lowest BCUT2D eigenvalue weighted by molar-refractivity contribution is -0.141. The lowest BCUT2D eigenvalue weighted by Crippen LogP contribution is -2.09. The van der Waals surface area contributed by atoms with Crippen molar-refractivity contribution < 1.29 is 23.8 Å². The largest absolute Gasteiger partial charge is 0.490 e. The van der Waals surface area contributed by atoms with E-state index < -0.39 is 0 Å². The number of hydrogen-bond donors (Lipinski definition) is 0. The molecule has 0 aliphatic heterocycles. The van der Waals surface area contributed by atoms with Crippen LogP contribution < -0.4 is 4.74 Å². The first-order valence-electron chi connectivity index (χ1n) is 6.33. The van der Waals surface area contributed by atoms with Crippen molar-refractivity contribution in [3.63, 3.8) is 0 Å². The Kier molecular flexibility index (Phi) is 6.89. The third kappa shape index (κ3) is 6.58. The summed E-state index contributed by atoms with van der Waals surface area (Å²) in [6.45, 7) is 3.99. The van der Waals surface area contributed by atoms with E-state index in [1.54, 1.807) is 25.1 Å². The summed E-state index contributed by atoms with van der Waals surface area (Å²) >= 11 is 0. The highest BCUT2D eigenvalue weighted by atomic mass is 16.6. The second-order valence-electron chi connectivity index (χ2n) is 3.84. The third-order valence-corrected chi connectivity index (χ3v) is 2.24. The lowest BCUT2D eigenvalue weighted by atomic mass is 10.2. The first-order chi connectivity index (χ1) is 9.61. The van der Waals surface area contributed by atoms with E-state index >= 15 is 0 Å². The van der Waals surface area contributed by atoms with Crippen LogP contribution in [0.1, 0.15) is 19.4 Å². The molecule has 1 aromatic carbocycles. The molecule has 20 heavy (non-hydrogen) atoms. The number of rotatable bonds is 7. The average Bonchev–Trinajstić information content (AvgIpc) is 2.43. The van der Waals surface area contributed by atoms with E-state index in [-0.39, 0.29) is 18.5 Å². The molecule has 0 aromatic heterocycles. The van der Waals surface area contributed by atoms with Gasteiger partial charge in [0, 0.05) is 13.0 Å². The summed E-state index contributed by atoms with van der Waals surface area (Å²) in [5, 5.41) is 0. The van der Waals surface area contributed by atoms with Crippen LogP contribution in [0.4, 0.5) is 0 Å². The zero-order chi connectivity index (χ0) is 14.8. The molecular formula is C15H18O5. The molecule has 0 N–H and O–H groups in total. The molecule has 0 unspecified atom stereocenters. The Morgan fingerprint density at radius 2 is 1.80 bits per heavy atom. The van der Waals surface area contributed by atoms with Gasteiger partial charge in [-0.25, -0.2) is 4.79 Å². The van der Waals surface area contributed by atoms with Crippen LogP contribution in [0, 0.1) is 0 Å². The van der Waals surface area contributed by atoms with Gasteiger partial charge in [-0.2, -0.15) is 0 Å². The fraction of sp³-hybridized carbons (Fsp3) is 0.333. The van der Waals surface area contributed by atoms with Crippen LogP contribution in [0.5, 0.6) is 5.75 Å². The molecule has 108 valence electrons. The van der Waals surface area contributed by atoms with E-state index in [1.807, 2.05) is 12.1 Å². The predicted molar refractivity (Wildman–Crippen MR) is 74.2 cm³/mol. The maximum Gasteiger partial charge on any atom is 0.330 e. The summed E-state index contributed by atoms with van der Waals surface area (Å²) in [5.41, 5.74) is 0.866. The highest BCUT2D eigenvalue weighted by molar-refractivity contribution is 5.87. The van der Waals surface area contributed by atoms with Gasteiger partial charge in [0.25, 0.3) is 0 Å². The van der Waals surface area contributed by atoms with E-state index in [1.165, 1.54) is 13.0 Å². The van der Waals surface area contributed by atoms with Crippen molar-refractivity contribution >= 4 is 18.0 Å². The summed E-state index contributed by atoms with van der Waals surface area (Å²) in [6, 6.07) is 7.19. The molecule has 0 saturated heterocycles. The average molecular weight is 278 g/mol. The fourth-order valence-electron chi connectivity index (χ4n) is 1.37. The Balaban J connectivity index is 2.40. The first kappa shape index (κ1) is 15.8. The molecule has 0 radical (unpaired) electrons. The van der Waals surface area contributed by atoms with Crippen molar-refractivity contribution in [3.05, 3.63) is 35.9 Å². The van der Waals surface area contributed by atoms with Crippen LogP contribution in [0.15, 0.2) is 30.3 Å². The van der Waals surface area contributed by atoms with Crippen molar-refractivity contribution in [2.75, 3.05) is 19.8 Å². The molecule has 1 rings (SSSR count). The molecule has 0 saturated carbocycles. The molecule has 0 atom stereocenters. The van der Waals surface area contributed by atoms with Gasteiger partial charge in [0.2, 0.25) is 0 Å². The highest BCUT2D eigenvalue weighted by Gasteiger charge is 1.97. The van der Waals surface area contributed by atoms with Gasteiger partial charge in [-0.1, -0.05) is 12.1 Å². The maximum absolute atomic E-state index is 11.1. The van der Waals surface area contributed by atoms with E-state index in [9.17, 15) is 9.59 Å². The smallest absolute Gasteiger partial charge is 0.330 e. The van der Waals surface area contributed by atoms with Crippen molar-refractivity contribution in [3.8, 4) is 5.75 Å². The molecule has 0 aliphatic carbocycles. The molecule has 0 heterocycles. The molecular weight excluding hydrogens is 260 g/mol. The Hall–Kier alpha value is -2.30. The zero-order valence-electron chi connectivity index (χ0n) is 11.6. The second-order valence-corrected chi connectivity index (χ2v) is 3.84. The number of esters is 2. The number of carbonyl (C=O) groups is 2. The Bertz CT molecular complexity index is 462. The highest BCUT2D eigenvalue weighted by Crippen LogP contribution is 2.13. The molecule has 0 spiro atoms. The van der Waals surface area contributed by atoms with Crippen LogP contribution in [-0.4, -0.2) is 31.8 Å². The lowest BCUT2D eigenvalue weighted by Gasteiger charge is -2.06. The Morgan fingerprint density at radius 1 is 1.10 bits per heavy atom. The van der Waals surface area contributed by atoms with Crippen LogP contribution in [0.25, 0.3) is 6.08 Å². The van der Waals surface area contributed by atoms with Crippen molar-refractivity contribution in [2.45, 2.75) is 13.8 Å². The van der Waals surface area contributed by atoms with E-state index in [4.69, 9.17) is 14.2 Å². The van der Waals surface area contributed by atoms with Gasteiger partial charge in [-0.3, -0.25) is 4.79 Å². The molecule has 0 bridgehead atoms. The quantitative estimate of drug-likeness (QED) is 0.435. The summed E-state index contributed by atoms with van der Waals surface area (Å²) in [4.78, 5) is 21.7. The molecule has 5 nitrogen and oxygen atoms in total. The standard InChI is InChI=1S/C15H18O5/c1-3-18-15(17)9-6-13-4-7-14(8-5-13)20-11-10-19-12(2)16/h4-9H,3,10-11H2,1-2H3/b9-6+. The molecule has 0 fully saturated rings. The van der Waals surface area contributed by atoms with Crippen molar-refractivity contribution in [1.29, 1.82) is 0 Å². The Labute approximate surface area is 118 Å². The number of hydrogen-bond acceptors (Lipinski definition) is 5. The van der Waals surface area contributed by atoms with Crippen molar-refractivity contribution in [2.24, 2.45) is 0 Å². The van der Waals surface area contributed by atoms with Crippen LogP contribution in [0.2, 0.25) is 0 Å². The normalized spacial score (nSPS) is 10.3. The van der Waals surface area contributed by atoms with E-state index in [0.29, 0.717) is 19.0 Å². The molecule has 5 heteroatoms. The fourth-order valence-corrected chi connectivity index (χ4v) is 1.37. The van der Waals surface area contributed by atoms with Crippen LogP contribution in [-0.2, 0) is 19.1 Å². The zero-order valence-corrected chi connectivity index (χ0v) is 11.6. The van der Waals surface area contributed by atoms with Gasteiger partial charge in [0.05, 0.1) is 6.61 Å². The van der Waals surface area contributed by atoms with Gasteiger partial charge in [0.15, 0.2) is 0 Å². The number of benzene rings is 1. The minimum atomic E-state index is -0.366. The third-order valence-electron chi connectivity index (χ3n) is 2.24. The first-order valence-corrected chi connectivity index (χ1v) is 6.33. The van der Waals surface area contributed by atoms with Gasteiger partial charge in [-0.15, -0.1) is 0 Å². The van der Waals surface area contributed by atoms with Gasteiger partial charge < -0.3 is 14.2 Å². The van der Waals surface area contributed by atoms with Crippen molar-refractivity contribution in [1.82, 2.24) is 0 Å². The summed E-state index contributed by atoms with van der Waals surface area (Å²) < 4.78 is 14.9. The monoisotopic (exact) mass is 278 g/mol. The molecule has 0 aliphatic rings. The number of ether oxygens (including phenoxy) is 3. The van der Waals surface area contributed by atoms with Crippen LogP contribution >= 0.6 is 0 Å². The van der Waals surface area contributed by atoms with E-state index in [0.717, 1.165) is 5.56 Å². The molecule has 0 amide bonds. The topological polar surface area (TPSA) is 61.8 Å². The minimum Gasteiger partial charge on any atom is -0.490 e.